The Morgan fingerprint density at radius 1 is 1.25 bits per heavy atom. The first kappa shape index (κ1) is 16.3. The lowest BCUT2D eigenvalue weighted by Crippen LogP contribution is -2.30. The summed E-state index contributed by atoms with van der Waals surface area (Å²) in [6, 6.07) is 5.77. The van der Waals surface area contributed by atoms with Gasteiger partial charge < -0.3 is 10.1 Å². The van der Waals surface area contributed by atoms with Gasteiger partial charge in [0.05, 0.1) is 0 Å². The number of carbonyl (C=O) groups excluding carboxylic acids is 1. The monoisotopic (exact) mass is 289 g/mol. The smallest absolute Gasteiger partial charge is 0.405 e. The maximum absolute atomic E-state index is 12.2. The van der Waals surface area contributed by atoms with Crippen molar-refractivity contribution in [3.05, 3.63) is 29.8 Å². The SMILES string of the molecule is CCC(CC)C(=O)NCc1ccccc1OC(F)(F)F. The summed E-state index contributed by atoms with van der Waals surface area (Å²) < 4.78 is 40.7. The fourth-order valence-corrected chi connectivity index (χ4v) is 1.86. The van der Waals surface area contributed by atoms with E-state index >= 15 is 0 Å². The van der Waals surface area contributed by atoms with Crippen LogP contribution in [0.25, 0.3) is 0 Å². The number of benzene rings is 1. The molecule has 0 aliphatic carbocycles. The van der Waals surface area contributed by atoms with Gasteiger partial charge in [-0.15, -0.1) is 13.2 Å². The first-order valence-electron chi connectivity index (χ1n) is 6.48. The molecule has 1 aromatic carbocycles. The van der Waals surface area contributed by atoms with Gasteiger partial charge in [0.25, 0.3) is 0 Å². The summed E-state index contributed by atoms with van der Waals surface area (Å²) in [6.45, 7) is 3.81. The predicted octanol–water partition coefficient (Wildman–Crippen LogP) is 3.64. The second-order valence-corrected chi connectivity index (χ2v) is 4.39. The third kappa shape index (κ3) is 5.11. The van der Waals surface area contributed by atoms with Crippen LogP contribution in [0.1, 0.15) is 32.3 Å². The molecule has 0 atom stereocenters. The van der Waals surface area contributed by atoms with E-state index in [4.69, 9.17) is 0 Å². The van der Waals surface area contributed by atoms with E-state index in [2.05, 4.69) is 10.1 Å². The number of hydrogen-bond donors (Lipinski definition) is 1. The summed E-state index contributed by atoms with van der Waals surface area (Å²) in [5.74, 6) is -0.563. The number of carbonyl (C=O) groups is 1. The van der Waals surface area contributed by atoms with Crippen molar-refractivity contribution in [3.63, 3.8) is 0 Å². The molecule has 0 fully saturated rings. The summed E-state index contributed by atoms with van der Waals surface area (Å²) in [7, 11) is 0. The number of ether oxygens (including phenoxy) is 1. The molecule has 20 heavy (non-hydrogen) atoms. The van der Waals surface area contributed by atoms with E-state index in [0.29, 0.717) is 18.4 Å². The van der Waals surface area contributed by atoms with Crippen LogP contribution in [0.15, 0.2) is 24.3 Å². The van der Waals surface area contributed by atoms with Crippen molar-refractivity contribution in [2.45, 2.75) is 39.6 Å². The molecule has 0 radical (unpaired) electrons. The van der Waals surface area contributed by atoms with Crippen LogP contribution in [0.3, 0.4) is 0 Å². The molecule has 0 unspecified atom stereocenters. The minimum absolute atomic E-state index is 0.0155. The largest absolute Gasteiger partial charge is 0.573 e. The summed E-state index contributed by atoms with van der Waals surface area (Å²) in [6.07, 6.45) is -3.35. The van der Waals surface area contributed by atoms with Gasteiger partial charge in [-0.05, 0) is 18.9 Å². The van der Waals surface area contributed by atoms with Crippen molar-refractivity contribution in [2.24, 2.45) is 5.92 Å². The zero-order valence-corrected chi connectivity index (χ0v) is 11.5. The second kappa shape index (κ2) is 7.17. The summed E-state index contributed by atoms with van der Waals surface area (Å²) in [5.41, 5.74) is 0.295. The van der Waals surface area contributed by atoms with E-state index in [-0.39, 0.29) is 24.1 Å². The maximum Gasteiger partial charge on any atom is 0.573 e. The van der Waals surface area contributed by atoms with Crippen LogP contribution in [0.4, 0.5) is 13.2 Å². The Hall–Kier alpha value is -1.72. The number of para-hydroxylation sites is 1. The molecular formula is C14H18F3NO2. The summed E-state index contributed by atoms with van der Waals surface area (Å²) in [5, 5.41) is 2.64. The lowest BCUT2D eigenvalue weighted by molar-refractivity contribution is -0.274. The van der Waals surface area contributed by atoms with Crippen molar-refractivity contribution < 1.29 is 22.7 Å². The highest BCUT2D eigenvalue weighted by Gasteiger charge is 2.32. The molecule has 1 N–H and O–H groups in total. The Balaban J connectivity index is 2.71. The van der Waals surface area contributed by atoms with E-state index < -0.39 is 6.36 Å². The van der Waals surface area contributed by atoms with Gasteiger partial charge in [-0.2, -0.15) is 0 Å². The molecule has 0 aliphatic heterocycles. The maximum atomic E-state index is 12.2. The average molecular weight is 289 g/mol. The fourth-order valence-electron chi connectivity index (χ4n) is 1.86. The molecule has 1 aromatic rings. The van der Waals surface area contributed by atoms with E-state index in [9.17, 15) is 18.0 Å². The Bertz CT molecular complexity index is 442. The minimum Gasteiger partial charge on any atom is -0.405 e. The Morgan fingerprint density at radius 2 is 1.85 bits per heavy atom. The van der Waals surface area contributed by atoms with Gasteiger partial charge in [-0.25, -0.2) is 0 Å². The second-order valence-electron chi connectivity index (χ2n) is 4.39. The normalized spacial score (nSPS) is 11.5. The minimum atomic E-state index is -4.74. The Labute approximate surface area is 116 Å². The van der Waals surface area contributed by atoms with Gasteiger partial charge in [0.1, 0.15) is 5.75 Å². The summed E-state index contributed by atoms with van der Waals surface area (Å²) >= 11 is 0. The van der Waals surface area contributed by atoms with Crippen LogP contribution < -0.4 is 10.1 Å². The van der Waals surface area contributed by atoms with Crippen molar-refractivity contribution in [2.75, 3.05) is 0 Å². The highest BCUT2D eigenvalue weighted by Crippen LogP contribution is 2.26. The first-order valence-corrected chi connectivity index (χ1v) is 6.48. The molecule has 112 valence electrons. The van der Waals surface area contributed by atoms with E-state index in [1.807, 2.05) is 13.8 Å². The lowest BCUT2D eigenvalue weighted by Gasteiger charge is -2.15. The molecule has 0 spiro atoms. The zero-order chi connectivity index (χ0) is 15.2. The third-order valence-corrected chi connectivity index (χ3v) is 3.01. The van der Waals surface area contributed by atoms with Crippen LogP contribution in [0, 0.1) is 5.92 Å². The predicted molar refractivity (Wildman–Crippen MR) is 69.0 cm³/mol. The Morgan fingerprint density at radius 3 is 2.40 bits per heavy atom. The molecule has 0 saturated carbocycles. The van der Waals surface area contributed by atoms with Gasteiger partial charge in [-0.3, -0.25) is 4.79 Å². The van der Waals surface area contributed by atoms with Gasteiger partial charge >= 0.3 is 6.36 Å². The molecule has 3 nitrogen and oxygen atoms in total. The molecule has 0 bridgehead atoms. The van der Waals surface area contributed by atoms with Crippen LogP contribution in [0.5, 0.6) is 5.75 Å². The van der Waals surface area contributed by atoms with Gasteiger partial charge in [-0.1, -0.05) is 32.0 Å². The first-order chi connectivity index (χ1) is 9.37. The van der Waals surface area contributed by atoms with Gasteiger partial charge in [0.15, 0.2) is 0 Å². The van der Waals surface area contributed by atoms with E-state index in [0.717, 1.165) is 0 Å². The molecule has 0 aliphatic rings. The zero-order valence-electron chi connectivity index (χ0n) is 11.5. The lowest BCUT2D eigenvalue weighted by atomic mass is 10.0. The average Bonchev–Trinajstić information content (AvgIpc) is 2.37. The Kier molecular flexibility index (Phi) is 5.85. The molecule has 0 saturated heterocycles. The van der Waals surface area contributed by atoms with E-state index in [1.54, 1.807) is 6.07 Å². The number of amides is 1. The topological polar surface area (TPSA) is 38.3 Å². The molecule has 6 heteroatoms. The number of nitrogens with one attached hydrogen (secondary N) is 1. The molecule has 1 rings (SSSR count). The molecular weight excluding hydrogens is 271 g/mol. The van der Waals surface area contributed by atoms with Crippen molar-refractivity contribution in [1.82, 2.24) is 5.32 Å². The standard InChI is InChI=1S/C14H18F3NO2/c1-3-10(4-2)13(19)18-9-11-7-5-6-8-12(11)20-14(15,16)17/h5-8,10H,3-4,9H2,1-2H3,(H,18,19). The van der Waals surface area contributed by atoms with Gasteiger partial charge in [0, 0.05) is 18.0 Å². The highest BCUT2D eigenvalue weighted by atomic mass is 19.4. The molecule has 1 amide bonds. The van der Waals surface area contributed by atoms with Crippen LogP contribution in [-0.2, 0) is 11.3 Å². The highest BCUT2D eigenvalue weighted by molar-refractivity contribution is 5.78. The van der Waals surface area contributed by atoms with Crippen molar-refractivity contribution in [3.8, 4) is 5.75 Å². The van der Waals surface area contributed by atoms with Crippen molar-refractivity contribution in [1.29, 1.82) is 0 Å². The van der Waals surface area contributed by atoms with Crippen molar-refractivity contribution >= 4 is 5.91 Å². The summed E-state index contributed by atoms with van der Waals surface area (Å²) in [4.78, 5) is 11.8. The molecule has 0 aromatic heterocycles. The van der Waals surface area contributed by atoms with Crippen LogP contribution >= 0.6 is 0 Å². The fraction of sp³-hybridized carbons (Fsp3) is 0.500. The number of alkyl halides is 3. The number of rotatable bonds is 6. The number of hydrogen-bond acceptors (Lipinski definition) is 2. The van der Waals surface area contributed by atoms with Crippen LogP contribution in [0.2, 0.25) is 0 Å². The number of halogens is 3. The van der Waals surface area contributed by atoms with Crippen LogP contribution in [-0.4, -0.2) is 12.3 Å². The molecule has 0 heterocycles. The quantitative estimate of drug-likeness (QED) is 0.868. The third-order valence-electron chi connectivity index (χ3n) is 3.01. The van der Waals surface area contributed by atoms with Gasteiger partial charge in [0.2, 0.25) is 5.91 Å². The van der Waals surface area contributed by atoms with E-state index in [1.165, 1.54) is 18.2 Å².